The third kappa shape index (κ3) is 3.11. The summed E-state index contributed by atoms with van der Waals surface area (Å²) in [6.45, 7) is 1.98. The van der Waals surface area contributed by atoms with Crippen molar-refractivity contribution in [3.05, 3.63) is 72.0 Å². The molecule has 0 aliphatic carbocycles. The topological polar surface area (TPSA) is 55.8 Å². The number of rotatable bonds is 3. The van der Waals surface area contributed by atoms with Crippen LogP contribution in [0.5, 0.6) is 5.75 Å². The van der Waals surface area contributed by atoms with Gasteiger partial charge in [-0.25, -0.2) is 4.79 Å². The first-order valence-corrected chi connectivity index (χ1v) is 7.33. The molecule has 0 radical (unpaired) electrons. The van der Waals surface area contributed by atoms with Crippen molar-refractivity contribution in [3.63, 3.8) is 0 Å². The van der Waals surface area contributed by atoms with Gasteiger partial charge in [-0.15, -0.1) is 0 Å². The lowest BCUT2D eigenvalue weighted by Gasteiger charge is -2.09. The highest BCUT2D eigenvalue weighted by Crippen LogP contribution is 2.33. The van der Waals surface area contributed by atoms with Gasteiger partial charge in [-0.3, -0.25) is 0 Å². The van der Waals surface area contributed by atoms with Gasteiger partial charge in [0, 0.05) is 0 Å². The Kier molecular flexibility index (Phi) is 4.15. The van der Waals surface area contributed by atoms with Crippen LogP contribution in [0.2, 0.25) is 0 Å². The van der Waals surface area contributed by atoms with Crippen LogP contribution < -0.4 is 4.74 Å². The molecule has 116 valence electrons. The molecule has 0 spiro atoms. The van der Waals surface area contributed by atoms with Gasteiger partial charge in [0.2, 0.25) is 0 Å². The number of carbonyl (C=O) groups is 1. The third-order valence-electron chi connectivity index (χ3n) is 3.48. The molecule has 1 aliphatic heterocycles. The van der Waals surface area contributed by atoms with E-state index < -0.39 is 5.97 Å². The largest absolute Gasteiger partial charge is 0.507 e. The van der Waals surface area contributed by atoms with Crippen LogP contribution in [0.3, 0.4) is 0 Å². The van der Waals surface area contributed by atoms with Gasteiger partial charge in [0.25, 0.3) is 0 Å². The predicted octanol–water partition coefficient (Wildman–Crippen LogP) is 4.09. The number of benzene rings is 2. The molecule has 0 fully saturated rings. The van der Waals surface area contributed by atoms with E-state index in [9.17, 15) is 9.90 Å². The molecule has 0 saturated heterocycles. The smallest absolute Gasteiger partial charge is 0.341 e. The van der Waals surface area contributed by atoms with E-state index >= 15 is 0 Å². The van der Waals surface area contributed by atoms with Gasteiger partial charge < -0.3 is 14.6 Å². The summed E-state index contributed by atoms with van der Waals surface area (Å²) in [6.07, 6.45) is 2.65. The Morgan fingerprint density at radius 3 is 2.65 bits per heavy atom. The van der Waals surface area contributed by atoms with Crippen LogP contribution >= 0.6 is 0 Å². The standard InChI is InChI=1S/C19H16O4/c1-2-22-19(21)15-11-17(20)16-10-14(8-9-18(16)23-12-15)13-6-4-3-5-7-13/h3-12,20H,2H2,1H3. The first kappa shape index (κ1) is 14.9. The molecule has 2 aromatic carbocycles. The first-order valence-electron chi connectivity index (χ1n) is 7.33. The van der Waals surface area contributed by atoms with Crippen LogP contribution in [0.15, 0.2) is 66.4 Å². The minimum absolute atomic E-state index is 0.0328. The highest BCUT2D eigenvalue weighted by molar-refractivity contribution is 5.94. The zero-order chi connectivity index (χ0) is 16.2. The van der Waals surface area contributed by atoms with Crippen molar-refractivity contribution in [1.82, 2.24) is 0 Å². The van der Waals surface area contributed by atoms with E-state index in [0.717, 1.165) is 11.1 Å². The maximum absolute atomic E-state index is 11.8. The Hall–Kier alpha value is -3.01. The van der Waals surface area contributed by atoms with Crippen molar-refractivity contribution in [1.29, 1.82) is 0 Å². The van der Waals surface area contributed by atoms with Crippen LogP contribution in [0.4, 0.5) is 0 Å². The van der Waals surface area contributed by atoms with E-state index in [1.165, 1.54) is 12.3 Å². The summed E-state index contributed by atoms with van der Waals surface area (Å²) in [5, 5.41) is 10.3. The van der Waals surface area contributed by atoms with Crippen LogP contribution in [0.25, 0.3) is 16.9 Å². The number of hydrogen-bond acceptors (Lipinski definition) is 4. The van der Waals surface area contributed by atoms with Crippen LogP contribution in [-0.2, 0) is 9.53 Å². The molecule has 2 aromatic rings. The Balaban J connectivity index is 1.99. The fourth-order valence-corrected chi connectivity index (χ4v) is 2.35. The number of carbonyl (C=O) groups excluding carboxylic acids is 1. The van der Waals surface area contributed by atoms with Gasteiger partial charge in [-0.1, -0.05) is 36.4 Å². The molecule has 0 bridgehead atoms. The molecule has 0 saturated carbocycles. The molecule has 4 nitrogen and oxygen atoms in total. The molecule has 3 rings (SSSR count). The second-order valence-electron chi connectivity index (χ2n) is 5.02. The summed E-state index contributed by atoms with van der Waals surface area (Å²) in [6, 6.07) is 15.3. The average molecular weight is 308 g/mol. The number of aliphatic hydroxyl groups excluding tert-OH is 1. The number of esters is 1. The zero-order valence-corrected chi connectivity index (χ0v) is 12.7. The Morgan fingerprint density at radius 1 is 1.13 bits per heavy atom. The lowest BCUT2D eigenvalue weighted by Crippen LogP contribution is -2.06. The van der Waals surface area contributed by atoms with Crippen molar-refractivity contribution >= 4 is 11.7 Å². The van der Waals surface area contributed by atoms with Crippen molar-refractivity contribution in [3.8, 4) is 16.9 Å². The maximum Gasteiger partial charge on any atom is 0.341 e. The third-order valence-corrected chi connectivity index (χ3v) is 3.48. The quantitative estimate of drug-likeness (QED) is 0.868. The molecular formula is C19H16O4. The molecule has 1 aliphatic rings. The first-order chi connectivity index (χ1) is 11.2. The van der Waals surface area contributed by atoms with Gasteiger partial charge in [0.05, 0.1) is 17.7 Å². The lowest BCUT2D eigenvalue weighted by molar-refractivity contribution is -0.138. The van der Waals surface area contributed by atoms with Gasteiger partial charge in [0.1, 0.15) is 17.8 Å². The summed E-state index contributed by atoms with van der Waals surface area (Å²) >= 11 is 0. The summed E-state index contributed by atoms with van der Waals surface area (Å²) in [5.74, 6) is -0.0811. The molecule has 23 heavy (non-hydrogen) atoms. The summed E-state index contributed by atoms with van der Waals surface area (Å²) in [5.41, 5.74) is 2.68. The van der Waals surface area contributed by atoms with Gasteiger partial charge in [0.15, 0.2) is 0 Å². The second-order valence-corrected chi connectivity index (χ2v) is 5.02. The van der Waals surface area contributed by atoms with Crippen molar-refractivity contribution in [2.75, 3.05) is 6.61 Å². The van der Waals surface area contributed by atoms with Gasteiger partial charge in [-0.2, -0.15) is 0 Å². The molecule has 1 N–H and O–H groups in total. The Bertz CT molecular complexity index is 788. The van der Waals surface area contributed by atoms with E-state index in [-0.39, 0.29) is 17.9 Å². The fraction of sp³-hybridized carbons (Fsp3) is 0.105. The highest BCUT2D eigenvalue weighted by Gasteiger charge is 2.18. The average Bonchev–Trinajstić information content (AvgIpc) is 2.75. The number of ether oxygens (including phenoxy) is 2. The number of aliphatic hydroxyl groups is 1. The fourth-order valence-electron chi connectivity index (χ4n) is 2.35. The van der Waals surface area contributed by atoms with Crippen molar-refractivity contribution in [2.24, 2.45) is 0 Å². The zero-order valence-electron chi connectivity index (χ0n) is 12.7. The van der Waals surface area contributed by atoms with E-state index in [1.54, 1.807) is 13.0 Å². The minimum Gasteiger partial charge on any atom is -0.507 e. The second kappa shape index (κ2) is 6.40. The Labute approximate surface area is 134 Å². The SMILES string of the molecule is CCOC(=O)C1=COc2ccc(-c3ccccc3)cc2C(O)=C1. The highest BCUT2D eigenvalue weighted by atomic mass is 16.5. The van der Waals surface area contributed by atoms with Crippen LogP contribution in [0.1, 0.15) is 12.5 Å². The van der Waals surface area contributed by atoms with Crippen molar-refractivity contribution < 1.29 is 19.4 Å². The van der Waals surface area contributed by atoms with E-state index in [0.29, 0.717) is 11.3 Å². The summed E-state index contributed by atoms with van der Waals surface area (Å²) in [7, 11) is 0. The Morgan fingerprint density at radius 2 is 1.91 bits per heavy atom. The normalized spacial score (nSPS) is 13.1. The summed E-state index contributed by atoms with van der Waals surface area (Å²) < 4.78 is 10.4. The van der Waals surface area contributed by atoms with Crippen LogP contribution in [0, 0.1) is 0 Å². The molecular weight excluding hydrogens is 292 g/mol. The monoisotopic (exact) mass is 308 g/mol. The molecule has 1 heterocycles. The molecule has 0 amide bonds. The van der Waals surface area contributed by atoms with Crippen molar-refractivity contribution in [2.45, 2.75) is 6.92 Å². The minimum atomic E-state index is -0.532. The van der Waals surface area contributed by atoms with E-state index in [4.69, 9.17) is 9.47 Å². The van der Waals surface area contributed by atoms with Gasteiger partial charge >= 0.3 is 5.97 Å². The predicted molar refractivity (Wildman–Crippen MR) is 87.8 cm³/mol. The number of hydrogen-bond donors (Lipinski definition) is 1. The molecule has 0 unspecified atom stereocenters. The maximum atomic E-state index is 11.8. The number of fused-ring (bicyclic) bond motifs is 1. The van der Waals surface area contributed by atoms with E-state index in [1.807, 2.05) is 42.5 Å². The van der Waals surface area contributed by atoms with E-state index in [2.05, 4.69) is 0 Å². The molecule has 0 atom stereocenters. The lowest BCUT2D eigenvalue weighted by atomic mass is 10.0. The molecule has 4 heteroatoms. The van der Waals surface area contributed by atoms with Gasteiger partial charge in [-0.05, 0) is 36.3 Å². The molecule has 0 aromatic heterocycles. The van der Waals surface area contributed by atoms with Crippen LogP contribution in [-0.4, -0.2) is 17.7 Å². The summed E-state index contributed by atoms with van der Waals surface area (Å²) in [4.78, 5) is 11.8.